The number of nitrogens with one attached hydrogen (secondary N) is 1. The van der Waals surface area contributed by atoms with E-state index in [2.05, 4.69) is 48.1 Å². The topological polar surface area (TPSA) is 28.2 Å². The molecule has 0 amide bonds. The summed E-state index contributed by atoms with van der Waals surface area (Å²) < 4.78 is 0. The number of fused-ring (bicyclic) bond motifs is 1. The van der Waals surface area contributed by atoms with Gasteiger partial charge in [-0.3, -0.25) is 0 Å². The fraction of sp³-hybridized carbons (Fsp3) is 0.722. The molecule has 116 valence electrons. The SMILES string of the molecule is CC(C)(C)NCc1ccnc(N2CCCC3CCCC32)c1. The average molecular weight is 287 g/mol. The number of anilines is 1. The Morgan fingerprint density at radius 3 is 2.86 bits per heavy atom. The van der Waals surface area contributed by atoms with E-state index in [1.807, 2.05) is 6.20 Å². The van der Waals surface area contributed by atoms with Crippen molar-refractivity contribution in [3.8, 4) is 0 Å². The average Bonchev–Trinajstić information content (AvgIpc) is 2.93. The Balaban J connectivity index is 1.73. The van der Waals surface area contributed by atoms with E-state index < -0.39 is 0 Å². The molecule has 2 fully saturated rings. The van der Waals surface area contributed by atoms with Crippen molar-refractivity contribution in [2.45, 2.75) is 71.0 Å². The minimum absolute atomic E-state index is 0.158. The molecule has 1 aliphatic heterocycles. The van der Waals surface area contributed by atoms with E-state index >= 15 is 0 Å². The molecule has 1 aromatic heterocycles. The number of aromatic nitrogens is 1. The number of nitrogens with zero attached hydrogens (tertiary/aromatic N) is 2. The largest absolute Gasteiger partial charge is 0.353 e. The van der Waals surface area contributed by atoms with Crippen molar-refractivity contribution in [2.24, 2.45) is 5.92 Å². The zero-order valence-electron chi connectivity index (χ0n) is 13.7. The second-order valence-electron chi connectivity index (χ2n) is 7.72. The van der Waals surface area contributed by atoms with Crippen LogP contribution < -0.4 is 10.2 Å². The third-order valence-corrected chi connectivity index (χ3v) is 4.92. The summed E-state index contributed by atoms with van der Waals surface area (Å²) in [4.78, 5) is 7.25. The van der Waals surface area contributed by atoms with Gasteiger partial charge in [0.05, 0.1) is 0 Å². The lowest BCUT2D eigenvalue weighted by molar-refractivity contribution is 0.360. The van der Waals surface area contributed by atoms with Gasteiger partial charge in [0.25, 0.3) is 0 Å². The van der Waals surface area contributed by atoms with E-state index in [-0.39, 0.29) is 5.54 Å². The van der Waals surface area contributed by atoms with Crippen LogP contribution in [0, 0.1) is 5.92 Å². The van der Waals surface area contributed by atoms with Crippen molar-refractivity contribution >= 4 is 5.82 Å². The second kappa shape index (κ2) is 5.96. The molecule has 2 heterocycles. The van der Waals surface area contributed by atoms with Crippen LogP contribution in [0.25, 0.3) is 0 Å². The van der Waals surface area contributed by atoms with E-state index in [9.17, 15) is 0 Å². The van der Waals surface area contributed by atoms with Crippen molar-refractivity contribution in [1.82, 2.24) is 10.3 Å². The van der Waals surface area contributed by atoms with Gasteiger partial charge in [0.1, 0.15) is 5.82 Å². The lowest BCUT2D eigenvalue weighted by atomic mass is 9.92. The molecule has 21 heavy (non-hydrogen) atoms. The third-order valence-electron chi connectivity index (χ3n) is 4.92. The van der Waals surface area contributed by atoms with Crippen LogP contribution in [0.4, 0.5) is 5.82 Å². The smallest absolute Gasteiger partial charge is 0.129 e. The Hall–Kier alpha value is -1.09. The molecule has 1 aromatic rings. The van der Waals surface area contributed by atoms with Gasteiger partial charge in [0.15, 0.2) is 0 Å². The second-order valence-corrected chi connectivity index (χ2v) is 7.72. The first kappa shape index (κ1) is 14.8. The highest BCUT2D eigenvalue weighted by Crippen LogP contribution is 2.38. The Morgan fingerprint density at radius 2 is 2.05 bits per heavy atom. The van der Waals surface area contributed by atoms with Crippen molar-refractivity contribution < 1.29 is 0 Å². The summed E-state index contributed by atoms with van der Waals surface area (Å²) in [5.41, 5.74) is 1.50. The number of pyridine rings is 1. The zero-order valence-corrected chi connectivity index (χ0v) is 13.7. The maximum absolute atomic E-state index is 4.67. The highest BCUT2D eigenvalue weighted by Gasteiger charge is 2.35. The highest BCUT2D eigenvalue weighted by atomic mass is 15.2. The van der Waals surface area contributed by atoms with E-state index in [1.165, 1.54) is 50.0 Å². The van der Waals surface area contributed by atoms with Crippen LogP contribution in [0.15, 0.2) is 18.3 Å². The maximum Gasteiger partial charge on any atom is 0.129 e. The number of rotatable bonds is 3. The molecule has 1 saturated heterocycles. The number of hydrogen-bond acceptors (Lipinski definition) is 3. The van der Waals surface area contributed by atoms with Gasteiger partial charge in [-0.2, -0.15) is 0 Å². The quantitative estimate of drug-likeness (QED) is 0.918. The first-order valence-corrected chi connectivity index (χ1v) is 8.49. The molecule has 2 unspecified atom stereocenters. The van der Waals surface area contributed by atoms with Crippen molar-refractivity contribution in [2.75, 3.05) is 11.4 Å². The van der Waals surface area contributed by atoms with Crippen LogP contribution in [0.3, 0.4) is 0 Å². The summed E-state index contributed by atoms with van der Waals surface area (Å²) in [7, 11) is 0. The van der Waals surface area contributed by atoms with Crippen LogP contribution in [0.1, 0.15) is 58.4 Å². The normalized spacial score (nSPS) is 26.0. The molecule has 0 spiro atoms. The first-order valence-electron chi connectivity index (χ1n) is 8.49. The highest BCUT2D eigenvalue weighted by molar-refractivity contribution is 5.43. The summed E-state index contributed by atoms with van der Waals surface area (Å²) in [5.74, 6) is 2.11. The number of piperidine rings is 1. The fourth-order valence-corrected chi connectivity index (χ4v) is 3.83. The van der Waals surface area contributed by atoms with Gasteiger partial charge in [-0.15, -0.1) is 0 Å². The lowest BCUT2D eigenvalue weighted by Crippen LogP contribution is -2.43. The molecule has 3 heteroatoms. The molecule has 3 nitrogen and oxygen atoms in total. The van der Waals surface area contributed by atoms with Gasteiger partial charge < -0.3 is 10.2 Å². The van der Waals surface area contributed by atoms with Gasteiger partial charge >= 0.3 is 0 Å². The first-order chi connectivity index (χ1) is 10.0. The predicted octanol–water partition coefficient (Wildman–Crippen LogP) is 3.74. The van der Waals surface area contributed by atoms with Gasteiger partial charge in [0.2, 0.25) is 0 Å². The van der Waals surface area contributed by atoms with Crippen molar-refractivity contribution in [3.05, 3.63) is 23.9 Å². The van der Waals surface area contributed by atoms with E-state index in [0.29, 0.717) is 0 Å². The molecule has 1 aliphatic carbocycles. The fourth-order valence-electron chi connectivity index (χ4n) is 3.83. The Bertz CT molecular complexity index is 478. The third kappa shape index (κ3) is 3.57. The molecule has 0 radical (unpaired) electrons. The molecule has 1 saturated carbocycles. The van der Waals surface area contributed by atoms with Gasteiger partial charge in [-0.05, 0) is 70.1 Å². The van der Waals surface area contributed by atoms with Gasteiger partial charge in [-0.1, -0.05) is 6.42 Å². The molecular formula is C18H29N3. The molecule has 2 atom stereocenters. The summed E-state index contributed by atoms with van der Waals surface area (Å²) in [6.07, 6.45) is 8.91. The Kier molecular flexibility index (Phi) is 4.21. The molecule has 2 aliphatic rings. The summed E-state index contributed by atoms with van der Waals surface area (Å²) in [6, 6.07) is 5.18. The molecular weight excluding hydrogens is 258 g/mol. The van der Waals surface area contributed by atoms with E-state index in [1.54, 1.807) is 0 Å². The van der Waals surface area contributed by atoms with Gasteiger partial charge in [-0.25, -0.2) is 4.98 Å². The summed E-state index contributed by atoms with van der Waals surface area (Å²) in [5, 5.41) is 3.57. The lowest BCUT2D eigenvalue weighted by Gasteiger charge is -2.38. The standard InChI is InChI=1S/C18H29N3/c1-18(2,3)20-13-14-9-10-19-17(12-14)21-11-5-7-15-6-4-8-16(15)21/h9-10,12,15-16,20H,4-8,11,13H2,1-3H3. The number of hydrogen-bond donors (Lipinski definition) is 1. The van der Waals surface area contributed by atoms with Crippen LogP contribution in [-0.4, -0.2) is 23.1 Å². The molecule has 3 rings (SSSR count). The summed E-state index contributed by atoms with van der Waals surface area (Å²) >= 11 is 0. The van der Waals surface area contributed by atoms with Crippen LogP contribution in [0.5, 0.6) is 0 Å². The summed E-state index contributed by atoms with van der Waals surface area (Å²) in [6.45, 7) is 8.74. The van der Waals surface area contributed by atoms with Gasteiger partial charge in [0, 0.05) is 30.9 Å². The Morgan fingerprint density at radius 1 is 1.24 bits per heavy atom. The monoisotopic (exact) mass is 287 g/mol. The van der Waals surface area contributed by atoms with Crippen molar-refractivity contribution in [3.63, 3.8) is 0 Å². The Labute approximate surface area is 129 Å². The molecule has 1 N–H and O–H groups in total. The predicted molar refractivity (Wildman–Crippen MR) is 88.5 cm³/mol. The molecule has 0 bridgehead atoms. The van der Waals surface area contributed by atoms with E-state index in [0.717, 1.165) is 18.5 Å². The maximum atomic E-state index is 4.67. The van der Waals surface area contributed by atoms with Crippen LogP contribution >= 0.6 is 0 Å². The molecule has 0 aromatic carbocycles. The van der Waals surface area contributed by atoms with Crippen LogP contribution in [0.2, 0.25) is 0 Å². The van der Waals surface area contributed by atoms with Crippen molar-refractivity contribution in [1.29, 1.82) is 0 Å². The van der Waals surface area contributed by atoms with Crippen LogP contribution in [-0.2, 0) is 6.54 Å². The van der Waals surface area contributed by atoms with E-state index in [4.69, 9.17) is 0 Å². The minimum Gasteiger partial charge on any atom is -0.353 e. The zero-order chi connectivity index (χ0) is 14.9. The minimum atomic E-state index is 0.158.